The molecule has 0 aliphatic carbocycles. The van der Waals surface area contributed by atoms with Crippen molar-refractivity contribution in [2.75, 3.05) is 13.6 Å². The van der Waals surface area contributed by atoms with Crippen molar-refractivity contribution < 1.29 is 19.8 Å². The normalized spacial score (nSPS) is 12.4. The second kappa shape index (κ2) is 5.65. The monoisotopic (exact) mass is 257 g/mol. The van der Waals surface area contributed by atoms with E-state index in [2.05, 4.69) is 0 Å². The van der Waals surface area contributed by atoms with Gasteiger partial charge in [0.1, 0.15) is 6.04 Å². The van der Waals surface area contributed by atoms with Gasteiger partial charge in [-0.25, -0.2) is 0 Å². The van der Waals surface area contributed by atoms with E-state index in [9.17, 15) is 9.59 Å². The fraction of sp³-hybridized carbons (Fsp3) is 0.273. The van der Waals surface area contributed by atoms with E-state index in [0.717, 1.165) is 0 Å². The van der Waals surface area contributed by atoms with Crippen molar-refractivity contribution in [2.24, 2.45) is 0 Å². The molecule has 1 aromatic rings. The first-order chi connectivity index (χ1) is 7.91. The van der Waals surface area contributed by atoms with Crippen LogP contribution in [0.1, 0.15) is 11.6 Å². The number of benzene rings is 1. The summed E-state index contributed by atoms with van der Waals surface area (Å²) in [5.41, 5.74) is 0.491. The lowest BCUT2D eigenvalue weighted by molar-refractivity contribution is -0.145. The topological polar surface area (TPSA) is 77.8 Å². The lowest BCUT2D eigenvalue weighted by Crippen LogP contribution is -2.34. The number of carbonyl (C=O) groups is 2. The molecule has 0 bridgehead atoms. The summed E-state index contributed by atoms with van der Waals surface area (Å²) in [6, 6.07) is 5.28. The summed E-state index contributed by atoms with van der Waals surface area (Å²) in [5.74, 6) is -2.18. The van der Waals surface area contributed by atoms with Crippen molar-refractivity contribution in [3.05, 3.63) is 34.9 Å². The molecule has 17 heavy (non-hydrogen) atoms. The third-order valence-corrected chi connectivity index (χ3v) is 2.50. The van der Waals surface area contributed by atoms with Gasteiger partial charge in [0, 0.05) is 5.02 Å². The van der Waals surface area contributed by atoms with Gasteiger partial charge < -0.3 is 10.2 Å². The van der Waals surface area contributed by atoms with Crippen LogP contribution < -0.4 is 0 Å². The van der Waals surface area contributed by atoms with Crippen LogP contribution in [0.15, 0.2) is 24.3 Å². The largest absolute Gasteiger partial charge is 0.480 e. The Bertz CT molecular complexity index is 418. The molecule has 0 heterocycles. The molecule has 0 aliphatic heterocycles. The number of carboxylic acid groups (broad SMARTS) is 2. The number of likely N-dealkylation sites (N-methyl/N-ethyl adjacent to an activating group) is 1. The zero-order valence-electron chi connectivity index (χ0n) is 9.13. The van der Waals surface area contributed by atoms with Gasteiger partial charge in [0.25, 0.3) is 0 Å². The highest BCUT2D eigenvalue weighted by Gasteiger charge is 2.25. The highest BCUT2D eigenvalue weighted by Crippen LogP contribution is 2.21. The number of halogens is 1. The summed E-state index contributed by atoms with van der Waals surface area (Å²) in [7, 11) is 1.45. The Morgan fingerprint density at radius 3 is 2.24 bits per heavy atom. The van der Waals surface area contributed by atoms with Crippen LogP contribution in [0.4, 0.5) is 0 Å². The lowest BCUT2D eigenvalue weighted by Gasteiger charge is -2.23. The van der Waals surface area contributed by atoms with E-state index in [1.54, 1.807) is 24.3 Å². The van der Waals surface area contributed by atoms with Gasteiger partial charge in [-0.2, -0.15) is 0 Å². The van der Waals surface area contributed by atoms with E-state index < -0.39 is 18.0 Å². The molecule has 0 saturated carbocycles. The molecule has 1 unspecified atom stereocenters. The van der Waals surface area contributed by atoms with Crippen molar-refractivity contribution in [3.8, 4) is 0 Å². The minimum absolute atomic E-state index is 0.348. The van der Waals surface area contributed by atoms with Crippen LogP contribution in [0.25, 0.3) is 0 Å². The summed E-state index contributed by atoms with van der Waals surface area (Å²) in [4.78, 5) is 23.0. The van der Waals surface area contributed by atoms with Gasteiger partial charge >= 0.3 is 11.9 Å². The maximum atomic E-state index is 11.1. The van der Waals surface area contributed by atoms with Gasteiger partial charge in [-0.15, -0.1) is 0 Å². The molecule has 0 radical (unpaired) electrons. The SMILES string of the molecule is CN(CC(=O)O)C(C(=O)O)c1ccc(Cl)cc1. The molecule has 0 spiro atoms. The van der Waals surface area contributed by atoms with Gasteiger partial charge in [-0.3, -0.25) is 14.5 Å². The van der Waals surface area contributed by atoms with Gasteiger partial charge in [-0.1, -0.05) is 23.7 Å². The molecule has 1 rings (SSSR count). The van der Waals surface area contributed by atoms with Gasteiger partial charge in [0.2, 0.25) is 0 Å². The average molecular weight is 258 g/mol. The van der Waals surface area contributed by atoms with Crippen LogP contribution >= 0.6 is 11.6 Å². The van der Waals surface area contributed by atoms with Crippen LogP contribution in [0, 0.1) is 0 Å². The number of carboxylic acids is 2. The highest BCUT2D eigenvalue weighted by molar-refractivity contribution is 6.30. The molecular weight excluding hydrogens is 246 g/mol. The molecule has 0 fully saturated rings. The van der Waals surface area contributed by atoms with Gasteiger partial charge in [0.05, 0.1) is 6.54 Å². The van der Waals surface area contributed by atoms with Crippen molar-refractivity contribution in [3.63, 3.8) is 0 Å². The molecule has 0 saturated heterocycles. The first-order valence-corrected chi connectivity index (χ1v) is 5.20. The van der Waals surface area contributed by atoms with E-state index >= 15 is 0 Å². The predicted octanol–water partition coefficient (Wildman–Crippen LogP) is 1.48. The van der Waals surface area contributed by atoms with Crippen LogP contribution in [-0.2, 0) is 9.59 Å². The Hall–Kier alpha value is -1.59. The highest BCUT2D eigenvalue weighted by atomic mass is 35.5. The molecule has 2 N–H and O–H groups in total. The zero-order chi connectivity index (χ0) is 13.0. The quantitative estimate of drug-likeness (QED) is 0.835. The first-order valence-electron chi connectivity index (χ1n) is 4.82. The fourth-order valence-corrected chi connectivity index (χ4v) is 1.66. The third kappa shape index (κ3) is 3.72. The Morgan fingerprint density at radius 1 is 1.29 bits per heavy atom. The Morgan fingerprint density at radius 2 is 1.82 bits per heavy atom. The Balaban J connectivity index is 2.96. The predicted molar refractivity (Wildman–Crippen MR) is 62.1 cm³/mol. The van der Waals surface area contributed by atoms with E-state index in [1.165, 1.54) is 11.9 Å². The second-order valence-corrected chi connectivity index (χ2v) is 4.04. The number of rotatable bonds is 5. The molecule has 1 aromatic carbocycles. The number of aliphatic carboxylic acids is 2. The van der Waals surface area contributed by atoms with Crippen molar-refractivity contribution >= 4 is 23.5 Å². The van der Waals surface area contributed by atoms with E-state index in [4.69, 9.17) is 21.8 Å². The zero-order valence-corrected chi connectivity index (χ0v) is 9.89. The van der Waals surface area contributed by atoms with E-state index in [0.29, 0.717) is 10.6 Å². The van der Waals surface area contributed by atoms with E-state index in [-0.39, 0.29) is 6.54 Å². The molecule has 1 atom stereocenters. The lowest BCUT2D eigenvalue weighted by atomic mass is 10.1. The molecule has 5 nitrogen and oxygen atoms in total. The number of hydrogen-bond acceptors (Lipinski definition) is 3. The van der Waals surface area contributed by atoms with Gasteiger partial charge in [-0.05, 0) is 24.7 Å². The Labute approximate surface area is 103 Å². The third-order valence-electron chi connectivity index (χ3n) is 2.25. The molecule has 92 valence electrons. The molecule has 6 heteroatoms. The van der Waals surface area contributed by atoms with Crippen LogP contribution in [0.3, 0.4) is 0 Å². The van der Waals surface area contributed by atoms with Crippen molar-refractivity contribution in [1.82, 2.24) is 4.90 Å². The van der Waals surface area contributed by atoms with Crippen LogP contribution in [0.5, 0.6) is 0 Å². The molecule has 0 aromatic heterocycles. The maximum absolute atomic E-state index is 11.1. The molecular formula is C11H12ClNO4. The van der Waals surface area contributed by atoms with Crippen molar-refractivity contribution in [2.45, 2.75) is 6.04 Å². The van der Waals surface area contributed by atoms with E-state index in [1.807, 2.05) is 0 Å². The van der Waals surface area contributed by atoms with Crippen molar-refractivity contribution in [1.29, 1.82) is 0 Å². The minimum atomic E-state index is -1.10. The Kier molecular flexibility index (Phi) is 4.48. The summed E-state index contributed by atoms with van der Waals surface area (Å²) < 4.78 is 0. The minimum Gasteiger partial charge on any atom is -0.480 e. The molecule has 0 aliphatic rings. The number of hydrogen-bond donors (Lipinski definition) is 2. The summed E-state index contributed by atoms with van der Waals surface area (Å²) >= 11 is 5.70. The standard InChI is InChI=1S/C11H12ClNO4/c1-13(6-9(14)15)10(11(16)17)7-2-4-8(12)5-3-7/h2-5,10H,6H2,1H3,(H,14,15)(H,16,17). The summed E-state index contributed by atoms with van der Waals surface area (Å²) in [5, 5.41) is 18.3. The smallest absolute Gasteiger partial charge is 0.325 e. The fourth-order valence-electron chi connectivity index (χ4n) is 1.54. The maximum Gasteiger partial charge on any atom is 0.325 e. The number of nitrogens with zero attached hydrogens (tertiary/aromatic N) is 1. The second-order valence-electron chi connectivity index (χ2n) is 3.60. The van der Waals surface area contributed by atoms with Gasteiger partial charge in [0.15, 0.2) is 0 Å². The van der Waals surface area contributed by atoms with Crippen LogP contribution in [0.2, 0.25) is 5.02 Å². The molecule has 0 amide bonds. The summed E-state index contributed by atoms with van der Waals surface area (Å²) in [6.45, 7) is -0.348. The average Bonchev–Trinajstić information content (AvgIpc) is 2.19. The van der Waals surface area contributed by atoms with Crippen LogP contribution in [-0.4, -0.2) is 40.6 Å². The first kappa shape index (κ1) is 13.5. The summed E-state index contributed by atoms with van der Waals surface area (Å²) in [6.07, 6.45) is 0.